The number of hydrogen-bond acceptors (Lipinski definition) is 5. The minimum atomic E-state index is 0.626. The molecule has 6 heteroatoms. The van der Waals surface area contributed by atoms with Crippen molar-refractivity contribution in [1.29, 1.82) is 0 Å². The molecule has 0 bridgehead atoms. The van der Waals surface area contributed by atoms with Crippen LogP contribution in [0.2, 0.25) is 0 Å². The Morgan fingerprint density at radius 1 is 1.38 bits per heavy atom. The normalized spacial score (nSPS) is 10.2. The number of carbonyl (C=O) groups excluding carboxylic acids is 1. The Bertz CT molecular complexity index is 402. The van der Waals surface area contributed by atoms with Crippen LogP contribution in [0.1, 0.15) is 9.67 Å². The van der Waals surface area contributed by atoms with Crippen LogP contribution in [-0.4, -0.2) is 19.0 Å². The van der Waals surface area contributed by atoms with E-state index in [4.69, 9.17) is 9.68 Å². The number of hydrogen-bond donors (Lipinski definition) is 1. The van der Waals surface area contributed by atoms with Gasteiger partial charge in [0, 0.05) is 15.5 Å². The van der Waals surface area contributed by atoms with Crippen LogP contribution in [0.4, 0.5) is 0 Å². The second kappa shape index (κ2) is 3.49. The first-order valence-corrected chi connectivity index (χ1v) is 5.08. The zero-order valence-electron chi connectivity index (χ0n) is 6.39. The van der Waals surface area contributed by atoms with Gasteiger partial charge in [-0.25, -0.2) is 0 Å². The summed E-state index contributed by atoms with van der Waals surface area (Å²) in [7, 11) is 0.649. The van der Waals surface area contributed by atoms with Crippen molar-refractivity contribution in [2.75, 3.05) is 0 Å². The molecular formula is C7H4BO3S2. The van der Waals surface area contributed by atoms with Crippen LogP contribution < -0.4 is 4.65 Å². The van der Waals surface area contributed by atoms with Crippen molar-refractivity contribution in [3.8, 4) is 5.06 Å². The molecule has 0 spiro atoms. The van der Waals surface area contributed by atoms with Crippen LogP contribution in [0.3, 0.4) is 0 Å². The molecule has 2 heterocycles. The lowest BCUT2D eigenvalue weighted by Gasteiger charge is -1.91. The highest BCUT2D eigenvalue weighted by Gasteiger charge is 2.06. The number of fused-ring (bicyclic) bond motifs is 1. The topological polar surface area (TPSA) is 46.5 Å². The van der Waals surface area contributed by atoms with Gasteiger partial charge in [0.25, 0.3) is 0 Å². The molecular weight excluding hydrogens is 207 g/mol. The van der Waals surface area contributed by atoms with E-state index in [1.165, 1.54) is 22.7 Å². The maximum absolute atomic E-state index is 10.4. The number of aldehydes is 1. The average molecular weight is 211 g/mol. The highest BCUT2D eigenvalue weighted by Crippen LogP contribution is 2.36. The van der Waals surface area contributed by atoms with Crippen molar-refractivity contribution in [2.24, 2.45) is 0 Å². The minimum Gasteiger partial charge on any atom is -0.530 e. The lowest BCUT2D eigenvalue weighted by Crippen LogP contribution is -1.97. The van der Waals surface area contributed by atoms with Crippen molar-refractivity contribution < 1.29 is 14.5 Å². The van der Waals surface area contributed by atoms with E-state index in [-0.39, 0.29) is 0 Å². The van der Waals surface area contributed by atoms with E-state index in [0.717, 1.165) is 15.7 Å². The van der Waals surface area contributed by atoms with Crippen LogP contribution in [0.15, 0.2) is 12.1 Å². The van der Waals surface area contributed by atoms with Gasteiger partial charge in [-0.05, 0) is 6.07 Å². The van der Waals surface area contributed by atoms with Crippen LogP contribution in [0.5, 0.6) is 5.06 Å². The summed E-state index contributed by atoms with van der Waals surface area (Å²) in [4.78, 5) is 11.1. The first-order valence-electron chi connectivity index (χ1n) is 3.44. The van der Waals surface area contributed by atoms with Gasteiger partial charge in [-0.2, -0.15) is 0 Å². The zero-order valence-corrected chi connectivity index (χ0v) is 8.02. The fourth-order valence-corrected chi connectivity index (χ4v) is 3.03. The molecule has 0 aromatic carbocycles. The lowest BCUT2D eigenvalue weighted by atomic mass is 10.4. The maximum atomic E-state index is 10.4. The predicted octanol–water partition coefficient (Wildman–Crippen LogP) is 1.68. The van der Waals surface area contributed by atoms with Gasteiger partial charge < -0.3 is 9.68 Å². The van der Waals surface area contributed by atoms with Crippen molar-refractivity contribution in [3.05, 3.63) is 17.0 Å². The van der Waals surface area contributed by atoms with Crippen molar-refractivity contribution in [3.63, 3.8) is 0 Å². The molecule has 13 heavy (non-hydrogen) atoms. The fraction of sp³-hybridized carbons (Fsp3) is 0. The first-order chi connectivity index (χ1) is 6.33. The predicted molar refractivity (Wildman–Crippen MR) is 53.7 cm³/mol. The molecule has 0 atom stereocenters. The molecule has 65 valence electrons. The van der Waals surface area contributed by atoms with Gasteiger partial charge in [-0.1, -0.05) is 11.3 Å². The van der Waals surface area contributed by atoms with Crippen molar-refractivity contribution in [2.45, 2.75) is 0 Å². The summed E-state index contributed by atoms with van der Waals surface area (Å²) in [5.74, 6) is 0. The lowest BCUT2D eigenvalue weighted by molar-refractivity contribution is 0.112. The average Bonchev–Trinajstić information content (AvgIpc) is 2.61. The van der Waals surface area contributed by atoms with Crippen LogP contribution in [0.25, 0.3) is 9.40 Å². The third-order valence-corrected chi connectivity index (χ3v) is 3.60. The van der Waals surface area contributed by atoms with E-state index < -0.39 is 0 Å². The van der Waals surface area contributed by atoms with Gasteiger partial charge in [0.2, 0.25) is 0 Å². The molecule has 0 saturated carbocycles. The van der Waals surface area contributed by atoms with Crippen LogP contribution in [0, 0.1) is 0 Å². The van der Waals surface area contributed by atoms with E-state index in [1.54, 1.807) is 6.07 Å². The largest absolute Gasteiger partial charge is 0.569 e. The quantitative estimate of drug-likeness (QED) is 0.620. The summed E-state index contributed by atoms with van der Waals surface area (Å²) < 4.78 is 6.80. The molecule has 2 rings (SSSR count). The summed E-state index contributed by atoms with van der Waals surface area (Å²) in [5.41, 5.74) is 0. The molecule has 0 aliphatic rings. The monoisotopic (exact) mass is 211 g/mol. The molecule has 0 saturated heterocycles. The van der Waals surface area contributed by atoms with E-state index in [2.05, 4.69) is 0 Å². The standard InChI is InChI=1S/C7H4BO3S2/c9-3-4-1-5-6(12-4)2-7(13-5)11-8-10/h1-3,10H. The van der Waals surface area contributed by atoms with Gasteiger partial charge in [0.05, 0.1) is 4.88 Å². The van der Waals surface area contributed by atoms with Crippen LogP contribution >= 0.6 is 22.7 Å². The molecule has 0 aliphatic heterocycles. The van der Waals surface area contributed by atoms with E-state index in [0.29, 0.717) is 17.6 Å². The molecule has 2 aromatic rings. The van der Waals surface area contributed by atoms with Crippen molar-refractivity contribution in [1.82, 2.24) is 0 Å². The molecule has 1 radical (unpaired) electrons. The summed E-state index contributed by atoms with van der Waals surface area (Å²) in [6, 6.07) is 3.60. The van der Waals surface area contributed by atoms with Gasteiger partial charge in [0.1, 0.15) is 0 Å². The SMILES string of the molecule is O=Cc1cc2sc(O[B]O)cc2s1. The maximum Gasteiger partial charge on any atom is 0.569 e. The molecule has 2 aromatic heterocycles. The Morgan fingerprint density at radius 3 is 2.77 bits per heavy atom. The Balaban J connectivity index is 2.42. The highest BCUT2D eigenvalue weighted by molar-refractivity contribution is 7.29. The first kappa shape index (κ1) is 8.74. The number of rotatable bonds is 3. The van der Waals surface area contributed by atoms with Gasteiger partial charge >= 0.3 is 7.69 Å². The third kappa shape index (κ3) is 1.60. The van der Waals surface area contributed by atoms with Crippen molar-refractivity contribution >= 4 is 46.0 Å². The second-order valence-corrected chi connectivity index (χ2v) is 4.45. The summed E-state index contributed by atoms with van der Waals surface area (Å²) in [6.07, 6.45) is 0.829. The molecule has 1 N–H and O–H groups in total. The Morgan fingerprint density at radius 2 is 2.15 bits per heavy atom. The minimum absolute atomic E-state index is 0.626. The Hall–Kier alpha value is -0.845. The summed E-state index contributed by atoms with van der Waals surface area (Å²) >= 11 is 2.81. The molecule has 0 amide bonds. The fourth-order valence-electron chi connectivity index (χ4n) is 1.00. The van der Waals surface area contributed by atoms with E-state index in [9.17, 15) is 4.79 Å². The third-order valence-electron chi connectivity index (χ3n) is 1.49. The van der Waals surface area contributed by atoms with E-state index >= 15 is 0 Å². The molecule has 0 aliphatic carbocycles. The number of carbonyl (C=O) groups is 1. The molecule has 3 nitrogen and oxygen atoms in total. The van der Waals surface area contributed by atoms with E-state index in [1.807, 2.05) is 6.07 Å². The summed E-state index contributed by atoms with van der Waals surface area (Å²) in [5, 5.41) is 9.02. The van der Waals surface area contributed by atoms with Gasteiger partial charge in [-0.3, -0.25) is 4.79 Å². The van der Waals surface area contributed by atoms with Gasteiger partial charge in [-0.15, -0.1) is 11.3 Å². The second-order valence-electron chi connectivity index (χ2n) is 2.28. The smallest absolute Gasteiger partial charge is 0.530 e. The Kier molecular flexibility index (Phi) is 2.35. The molecule has 0 unspecified atom stereocenters. The molecule has 0 fully saturated rings. The Labute approximate surface area is 82.9 Å². The number of thiophene rings is 2. The zero-order chi connectivity index (χ0) is 9.26. The van der Waals surface area contributed by atoms with Gasteiger partial charge in [0.15, 0.2) is 11.3 Å². The summed E-state index contributed by atoms with van der Waals surface area (Å²) in [6.45, 7) is 0. The highest BCUT2D eigenvalue weighted by atomic mass is 32.1. The van der Waals surface area contributed by atoms with Crippen LogP contribution in [-0.2, 0) is 0 Å².